The third-order valence-electron chi connectivity index (χ3n) is 3.59. The van der Waals surface area contributed by atoms with Crippen molar-refractivity contribution in [2.24, 2.45) is 10.7 Å². The molecule has 1 saturated heterocycles. The number of amidine groups is 1. The summed E-state index contributed by atoms with van der Waals surface area (Å²) in [4.78, 5) is 6.45. The third kappa shape index (κ3) is 3.72. The molecule has 0 atom stereocenters. The summed E-state index contributed by atoms with van der Waals surface area (Å²) >= 11 is 0. The van der Waals surface area contributed by atoms with Gasteiger partial charge in [-0.2, -0.15) is 0 Å². The third-order valence-corrected chi connectivity index (χ3v) is 3.59. The van der Waals surface area contributed by atoms with Gasteiger partial charge in [-0.05, 0) is 31.0 Å². The molecular weight excluding hydrogens is 265 g/mol. The lowest BCUT2D eigenvalue weighted by atomic mass is 9.90. The highest BCUT2D eigenvalue weighted by Gasteiger charge is 2.30. The van der Waals surface area contributed by atoms with E-state index in [1.807, 2.05) is 25.1 Å². The van der Waals surface area contributed by atoms with Gasteiger partial charge in [0.15, 0.2) is 0 Å². The molecular formula is C17H22FN3. The normalized spacial score (nSPS) is 17.4. The zero-order valence-corrected chi connectivity index (χ0v) is 12.6. The van der Waals surface area contributed by atoms with Gasteiger partial charge in [0.05, 0.1) is 5.70 Å². The van der Waals surface area contributed by atoms with Crippen molar-refractivity contribution in [3.05, 3.63) is 59.7 Å². The van der Waals surface area contributed by atoms with Gasteiger partial charge >= 0.3 is 0 Å². The quantitative estimate of drug-likeness (QED) is 0.666. The molecule has 0 aliphatic carbocycles. The van der Waals surface area contributed by atoms with Crippen LogP contribution in [0.15, 0.2) is 53.3 Å². The van der Waals surface area contributed by atoms with Gasteiger partial charge in [0.1, 0.15) is 11.7 Å². The zero-order valence-electron chi connectivity index (χ0n) is 12.6. The molecule has 2 rings (SSSR count). The second-order valence-corrected chi connectivity index (χ2v) is 5.15. The van der Waals surface area contributed by atoms with E-state index in [4.69, 9.17) is 5.73 Å². The molecule has 1 aromatic carbocycles. The van der Waals surface area contributed by atoms with E-state index in [2.05, 4.69) is 22.9 Å². The predicted molar refractivity (Wildman–Crippen MR) is 85.5 cm³/mol. The van der Waals surface area contributed by atoms with E-state index in [-0.39, 0.29) is 5.82 Å². The molecule has 0 amide bonds. The van der Waals surface area contributed by atoms with Gasteiger partial charge in [-0.3, -0.25) is 0 Å². The number of benzene rings is 1. The number of aliphatic imine (C=N–C) groups is 1. The Kier molecular flexibility index (Phi) is 5.14. The van der Waals surface area contributed by atoms with Crippen molar-refractivity contribution in [1.29, 1.82) is 0 Å². The average molecular weight is 287 g/mol. The average Bonchev–Trinajstić information content (AvgIpc) is 2.44. The Bertz CT molecular complexity index is 552. The predicted octanol–water partition coefficient (Wildman–Crippen LogP) is 3.41. The first-order valence-corrected chi connectivity index (χ1v) is 7.31. The Hall–Kier alpha value is -2.10. The number of nitrogens with zero attached hydrogens (tertiary/aromatic N) is 2. The van der Waals surface area contributed by atoms with E-state index in [0.29, 0.717) is 11.8 Å². The van der Waals surface area contributed by atoms with Gasteiger partial charge in [-0.1, -0.05) is 31.2 Å². The minimum Gasteiger partial charge on any atom is -0.382 e. The summed E-state index contributed by atoms with van der Waals surface area (Å²) in [6.07, 6.45) is 6.58. The molecule has 0 spiro atoms. The minimum absolute atomic E-state index is 0.191. The highest BCUT2D eigenvalue weighted by Crippen LogP contribution is 2.30. The molecule has 0 radical (unpaired) electrons. The maximum absolute atomic E-state index is 12.9. The van der Waals surface area contributed by atoms with Crippen LogP contribution in [0, 0.1) is 5.82 Å². The van der Waals surface area contributed by atoms with E-state index >= 15 is 0 Å². The van der Waals surface area contributed by atoms with Crippen LogP contribution in [0.25, 0.3) is 0 Å². The molecule has 1 heterocycles. The Balaban J connectivity index is 2.03. The van der Waals surface area contributed by atoms with Crippen LogP contribution in [0.1, 0.15) is 31.7 Å². The fourth-order valence-corrected chi connectivity index (χ4v) is 2.43. The zero-order chi connectivity index (χ0) is 15.2. The Morgan fingerprint density at radius 1 is 1.38 bits per heavy atom. The van der Waals surface area contributed by atoms with E-state index in [1.165, 1.54) is 17.7 Å². The fourth-order valence-electron chi connectivity index (χ4n) is 2.43. The SMILES string of the molecule is C\C=C/N=C(N)/C(=C/CC)N1CC(c2ccc(F)cc2)C1. The van der Waals surface area contributed by atoms with Crippen molar-refractivity contribution >= 4 is 5.84 Å². The standard InChI is InChI=1S/C17H22FN3/c1-3-5-16(17(19)20-10-4-2)21-11-14(12-21)13-6-8-15(18)9-7-13/h4-10,14H,3,11-12H2,1-2H3,(H2,19,20)/b10-4-,16-5-. The summed E-state index contributed by atoms with van der Waals surface area (Å²) in [5.41, 5.74) is 8.21. The number of nitrogens with two attached hydrogens (primary N) is 1. The fraction of sp³-hybridized carbons (Fsp3) is 0.353. The molecule has 112 valence electrons. The highest BCUT2D eigenvalue weighted by atomic mass is 19.1. The number of halogens is 1. The minimum atomic E-state index is -0.191. The molecule has 1 aliphatic rings. The smallest absolute Gasteiger partial charge is 0.146 e. The summed E-state index contributed by atoms with van der Waals surface area (Å²) < 4.78 is 12.9. The maximum atomic E-state index is 12.9. The molecule has 0 unspecified atom stereocenters. The Labute approximate surface area is 125 Å². The first-order valence-electron chi connectivity index (χ1n) is 7.31. The van der Waals surface area contributed by atoms with Gasteiger partial charge < -0.3 is 10.6 Å². The van der Waals surface area contributed by atoms with Crippen LogP contribution >= 0.6 is 0 Å². The lowest BCUT2D eigenvalue weighted by Crippen LogP contribution is -2.47. The lowest BCUT2D eigenvalue weighted by Gasteiger charge is -2.42. The number of rotatable bonds is 5. The van der Waals surface area contributed by atoms with Crippen LogP contribution in [0.4, 0.5) is 4.39 Å². The first-order chi connectivity index (χ1) is 10.2. The van der Waals surface area contributed by atoms with Gasteiger partial charge in [-0.25, -0.2) is 9.38 Å². The Morgan fingerprint density at radius 3 is 2.62 bits per heavy atom. The van der Waals surface area contributed by atoms with Gasteiger partial charge in [-0.15, -0.1) is 0 Å². The van der Waals surface area contributed by atoms with Gasteiger partial charge in [0.2, 0.25) is 0 Å². The maximum Gasteiger partial charge on any atom is 0.146 e. The molecule has 0 saturated carbocycles. The van der Waals surface area contributed by atoms with Crippen molar-refractivity contribution in [2.75, 3.05) is 13.1 Å². The largest absolute Gasteiger partial charge is 0.382 e. The van der Waals surface area contributed by atoms with Crippen LogP contribution in [0.2, 0.25) is 0 Å². The summed E-state index contributed by atoms with van der Waals surface area (Å²) in [6, 6.07) is 6.75. The van der Waals surface area contributed by atoms with Crippen LogP contribution in [0.5, 0.6) is 0 Å². The van der Waals surface area contributed by atoms with Crippen molar-refractivity contribution in [3.8, 4) is 0 Å². The first kappa shape index (κ1) is 15.3. The summed E-state index contributed by atoms with van der Waals surface area (Å²) in [5.74, 6) is 0.789. The molecule has 1 aromatic rings. The van der Waals surface area contributed by atoms with Crippen LogP contribution in [-0.4, -0.2) is 23.8 Å². The molecule has 3 nitrogen and oxygen atoms in total. The lowest BCUT2D eigenvalue weighted by molar-refractivity contribution is 0.208. The summed E-state index contributed by atoms with van der Waals surface area (Å²) in [6.45, 7) is 5.78. The molecule has 1 aliphatic heterocycles. The molecule has 0 bridgehead atoms. The highest BCUT2D eigenvalue weighted by molar-refractivity contribution is 5.96. The second-order valence-electron chi connectivity index (χ2n) is 5.15. The van der Waals surface area contributed by atoms with E-state index in [9.17, 15) is 4.39 Å². The topological polar surface area (TPSA) is 41.6 Å². The van der Waals surface area contributed by atoms with Crippen molar-refractivity contribution in [1.82, 2.24) is 4.90 Å². The van der Waals surface area contributed by atoms with E-state index in [0.717, 1.165) is 25.2 Å². The molecule has 4 heteroatoms. The number of allylic oxidation sites excluding steroid dienone is 2. The number of likely N-dealkylation sites (tertiary alicyclic amines) is 1. The van der Waals surface area contributed by atoms with Crippen LogP contribution in [0.3, 0.4) is 0 Å². The van der Waals surface area contributed by atoms with Crippen molar-refractivity contribution < 1.29 is 4.39 Å². The van der Waals surface area contributed by atoms with Gasteiger partial charge in [0, 0.05) is 25.2 Å². The van der Waals surface area contributed by atoms with Crippen molar-refractivity contribution in [3.63, 3.8) is 0 Å². The number of hydrogen-bond acceptors (Lipinski definition) is 2. The monoisotopic (exact) mass is 287 g/mol. The molecule has 1 fully saturated rings. The number of hydrogen-bond donors (Lipinski definition) is 1. The van der Waals surface area contributed by atoms with Gasteiger partial charge in [0.25, 0.3) is 0 Å². The summed E-state index contributed by atoms with van der Waals surface area (Å²) in [5, 5.41) is 0. The van der Waals surface area contributed by atoms with Crippen molar-refractivity contribution in [2.45, 2.75) is 26.2 Å². The molecule has 2 N–H and O–H groups in total. The Morgan fingerprint density at radius 2 is 2.05 bits per heavy atom. The summed E-state index contributed by atoms with van der Waals surface area (Å²) in [7, 11) is 0. The van der Waals surface area contributed by atoms with Crippen LogP contribution < -0.4 is 5.73 Å². The van der Waals surface area contributed by atoms with E-state index < -0.39 is 0 Å². The molecule has 21 heavy (non-hydrogen) atoms. The molecule has 0 aromatic heterocycles. The van der Waals surface area contributed by atoms with Crippen LogP contribution in [-0.2, 0) is 0 Å². The second kappa shape index (κ2) is 7.07. The van der Waals surface area contributed by atoms with E-state index in [1.54, 1.807) is 6.20 Å².